The van der Waals surface area contributed by atoms with E-state index in [2.05, 4.69) is 4.98 Å². The van der Waals surface area contributed by atoms with Crippen LogP contribution in [0.25, 0.3) is 17.0 Å². The number of benzene rings is 3. The van der Waals surface area contributed by atoms with Crippen LogP contribution in [0.2, 0.25) is 0 Å². The molecular formula is C24H17NO3. The topological polar surface area (TPSA) is 51.3 Å². The Hall–Kier alpha value is -3.79. The minimum atomic E-state index is -0.116. The second kappa shape index (κ2) is 6.74. The van der Waals surface area contributed by atoms with Gasteiger partial charge >= 0.3 is 0 Å². The van der Waals surface area contributed by atoms with Crippen LogP contribution in [0.5, 0.6) is 11.5 Å². The zero-order valence-electron chi connectivity index (χ0n) is 15.0. The first kappa shape index (κ1) is 16.4. The minimum Gasteiger partial charge on any atom is -0.489 e. The first-order valence-electron chi connectivity index (χ1n) is 9.09. The summed E-state index contributed by atoms with van der Waals surface area (Å²) in [5, 5.41) is 1.05. The summed E-state index contributed by atoms with van der Waals surface area (Å²) in [6.45, 7) is 0.464. The minimum absolute atomic E-state index is 0.116. The number of Topliss-reactive ketones (excluding diaryl/α,β-unsaturated/α-hetero) is 1. The number of allylic oxidation sites excluding steroid dienone is 1. The molecule has 0 bridgehead atoms. The van der Waals surface area contributed by atoms with Crippen LogP contribution in [0.4, 0.5) is 0 Å². The molecule has 1 N–H and O–H groups in total. The van der Waals surface area contributed by atoms with E-state index in [4.69, 9.17) is 9.47 Å². The Kier molecular flexibility index (Phi) is 3.95. The third-order valence-electron chi connectivity index (χ3n) is 4.80. The third-order valence-corrected chi connectivity index (χ3v) is 4.80. The normalized spacial score (nSPS) is 14.3. The fourth-order valence-corrected chi connectivity index (χ4v) is 3.35. The van der Waals surface area contributed by atoms with E-state index in [1.165, 1.54) is 0 Å². The van der Waals surface area contributed by atoms with Crippen molar-refractivity contribution in [3.8, 4) is 11.5 Å². The number of fused-ring (bicyclic) bond motifs is 2. The molecule has 1 aromatic heterocycles. The van der Waals surface area contributed by atoms with Gasteiger partial charge in [-0.15, -0.1) is 0 Å². The molecule has 4 nitrogen and oxygen atoms in total. The van der Waals surface area contributed by atoms with Crippen molar-refractivity contribution in [2.24, 2.45) is 0 Å². The monoisotopic (exact) mass is 367 g/mol. The Morgan fingerprint density at radius 1 is 0.964 bits per heavy atom. The van der Waals surface area contributed by atoms with Gasteiger partial charge in [0.05, 0.1) is 5.56 Å². The number of ketones is 1. The predicted octanol–water partition coefficient (Wildman–Crippen LogP) is 5.36. The smallest absolute Gasteiger partial charge is 0.231 e. The van der Waals surface area contributed by atoms with Crippen molar-refractivity contribution >= 4 is 22.8 Å². The highest BCUT2D eigenvalue weighted by molar-refractivity contribution is 6.15. The maximum atomic E-state index is 12.7. The molecule has 0 saturated carbocycles. The van der Waals surface area contributed by atoms with E-state index in [1.807, 2.05) is 60.8 Å². The Balaban J connectivity index is 1.39. The van der Waals surface area contributed by atoms with Crippen molar-refractivity contribution < 1.29 is 14.3 Å². The van der Waals surface area contributed by atoms with Crippen molar-refractivity contribution in [2.45, 2.75) is 6.61 Å². The third kappa shape index (κ3) is 2.95. The molecule has 1 aliphatic heterocycles. The van der Waals surface area contributed by atoms with E-state index < -0.39 is 0 Å². The number of carbonyl (C=O) groups excluding carboxylic acids is 1. The van der Waals surface area contributed by atoms with Crippen LogP contribution in [0, 0.1) is 0 Å². The van der Waals surface area contributed by atoms with Crippen molar-refractivity contribution in [1.29, 1.82) is 0 Å². The van der Waals surface area contributed by atoms with Gasteiger partial charge in [0.1, 0.15) is 18.1 Å². The molecule has 0 aliphatic carbocycles. The van der Waals surface area contributed by atoms with E-state index in [-0.39, 0.29) is 5.78 Å². The maximum Gasteiger partial charge on any atom is 0.231 e. The molecule has 5 rings (SSSR count). The molecule has 1 aliphatic rings. The Morgan fingerprint density at radius 3 is 2.68 bits per heavy atom. The number of hydrogen-bond donors (Lipinski definition) is 1. The number of rotatable bonds is 4. The van der Waals surface area contributed by atoms with E-state index in [1.54, 1.807) is 24.3 Å². The standard InChI is InChI=1S/C24H17NO3/c26-24-20-11-10-18(27-15-16-6-2-1-3-7-16)13-22(20)28-23(24)12-17-14-25-21-9-5-4-8-19(17)21/h1-14,25H,15H2. The molecule has 4 heteroatoms. The molecule has 4 aromatic rings. The van der Waals surface area contributed by atoms with E-state index >= 15 is 0 Å². The van der Waals surface area contributed by atoms with E-state index in [0.717, 1.165) is 22.0 Å². The summed E-state index contributed by atoms with van der Waals surface area (Å²) in [5.74, 6) is 1.40. The summed E-state index contributed by atoms with van der Waals surface area (Å²) in [6.07, 6.45) is 3.66. The Morgan fingerprint density at radius 2 is 1.79 bits per heavy atom. The van der Waals surface area contributed by atoms with Gasteiger partial charge < -0.3 is 14.5 Å². The number of hydrogen-bond acceptors (Lipinski definition) is 3. The van der Waals surface area contributed by atoms with Crippen molar-refractivity contribution in [3.05, 3.63) is 101 Å². The van der Waals surface area contributed by atoms with Gasteiger partial charge in [0.15, 0.2) is 5.76 Å². The SMILES string of the molecule is O=C1C(=Cc2c[nH]c3ccccc23)Oc2cc(OCc3ccccc3)ccc21. The highest BCUT2D eigenvalue weighted by Gasteiger charge is 2.28. The lowest BCUT2D eigenvalue weighted by atomic mass is 10.1. The Bertz CT molecular complexity index is 1200. The van der Waals surface area contributed by atoms with Gasteiger partial charge in [0, 0.05) is 28.7 Å². The molecule has 136 valence electrons. The van der Waals surface area contributed by atoms with Crippen LogP contribution >= 0.6 is 0 Å². The van der Waals surface area contributed by atoms with Crippen LogP contribution in [0.15, 0.2) is 84.8 Å². The van der Waals surface area contributed by atoms with E-state index in [0.29, 0.717) is 29.4 Å². The molecule has 3 aromatic carbocycles. The van der Waals surface area contributed by atoms with Gasteiger partial charge in [-0.2, -0.15) is 0 Å². The number of nitrogens with one attached hydrogen (secondary N) is 1. The van der Waals surface area contributed by atoms with Gasteiger partial charge in [0.2, 0.25) is 5.78 Å². The quantitative estimate of drug-likeness (QED) is 0.494. The largest absolute Gasteiger partial charge is 0.489 e. The number of para-hydroxylation sites is 1. The number of H-pyrrole nitrogens is 1. The highest BCUT2D eigenvalue weighted by Crippen LogP contribution is 2.35. The molecule has 0 fully saturated rings. The summed E-state index contributed by atoms with van der Waals surface area (Å²) in [6, 6.07) is 23.2. The highest BCUT2D eigenvalue weighted by atomic mass is 16.5. The molecule has 0 atom stereocenters. The first-order chi connectivity index (χ1) is 13.8. The Labute approximate surface area is 162 Å². The molecule has 0 amide bonds. The second-order valence-corrected chi connectivity index (χ2v) is 6.66. The van der Waals surface area contributed by atoms with Gasteiger partial charge in [-0.25, -0.2) is 0 Å². The van der Waals surface area contributed by atoms with Crippen LogP contribution in [-0.4, -0.2) is 10.8 Å². The van der Waals surface area contributed by atoms with Gasteiger partial charge in [-0.3, -0.25) is 4.79 Å². The van der Waals surface area contributed by atoms with Gasteiger partial charge in [-0.1, -0.05) is 48.5 Å². The molecule has 2 heterocycles. The van der Waals surface area contributed by atoms with Crippen LogP contribution in [0.1, 0.15) is 21.5 Å². The average Bonchev–Trinajstić information content (AvgIpc) is 3.28. The summed E-state index contributed by atoms with van der Waals surface area (Å²) < 4.78 is 11.7. The summed E-state index contributed by atoms with van der Waals surface area (Å²) in [4.78, 5) is 15.9. The average molecular weight is 367 g/mol. The van der Waals surface area contributed by atoms with E-state index in [9.17, 15) is 4.79 Å². The number of carbonyl (C=O) groups is 1. The molecule has 28 heavy (non-hydrogen) atoms. The molecule has 0 unspecified atom stereocenters. The first-order valence-corrected chi connectivity index (χ1v) is 9.09. The van der Waals surface area contributed by atoms with Crippen molar-refractivity contribution in [3.63, 3.8) is 0 Å². The lowest BCUT2D eigenvalue weighted by Crippen LogP contribution is -1.97. The lowest BCUT2D eigenvalue weighted by Gasteiger charge is -2.07. The van der Waals surface area contributed by atoms with Gasteiger partial charge in [-0.05, 0) is 29.8 Å². The number of aromatic amines is 1. The zero-order valence-corrected chi connectivity index (χ0v) is 15.0. The number of aromatic nitrogens is 1. The molecule has 0 spiro atoms. The molecule has 0 saturated heterocycles. The summed E-state index contributed by atoms with van der Waals surface area (Å²) >= 11 is 0. The van der Waals surface area contributed by atoms with Crippen molar-refractivity contribution in [2.75, 3.05) is 0 Å². The van der Waals surface area contributed by atoms with Crippen LogP contribution < -0.4 is 9.47 Å². The van der Waals surface area contributed by atoms with Crippen LogP contribution in [-0.2, 0) is 6.61 Å². The van der Waals surface area contributed by atoms with Crippen molar-refractivity contribution in [1.82, 2.24) is 4.98 Å². The summed E-state index contributed by atoms with van der Waals surface area (Å²) in [7, 11) is 0. The van der Waals surface area contributed by atoms with Crippen LogP contribution in [0.3, 0.4) is 0 Å². The maximum absolute atomic E-state index is 12.7. The second-order valence-electron chi connectivity index (χ2n) is 6.66. The fraction of sp³-hybridized carbons (Fsp3) is 0.0417. The summed E-state index contributed by atoms with van der Waals surface area (Å²) in [5.41, 5.74) is 3.58. The molecule has 0 radical (unpaired) electrons. The zero-order chi connectivity index (χ0) is 18.9. The lowest BCUT2D eigenvalue weighted by molar-refractivity contribution is 0.101. The fourth-order valence-electron chi connectivity index (χ4n) is 3.35. The van der Waals surface area contributed by atoms with Gasteiger partial charge in [0.25, 0.3) is 0 Å². The predicted molar refractivity (Wildman–Crippen MR) is 108 cm³/mol. The number of ether oxygens (including phenoxy) is 2. The molecular weight excluding hydrogens is 350 g/mol.